The van der Waals surface area contributed by atoms with E-state index in [1.54, 1.807) is 23.8 Å². The lowest BCUT2D eigenvalue weighted by atomic mass is 9.83. The number of carbonyl (C=O) groups is 2. The van der Waals surface area contributed by atoms with Crippen molar-refractivity contribution in [1.29, 1.82) is 0 Å². The number of nitrogens with one attached hydrogen (secondary N) is 2. The largest absolute Gasteiger partial charge is 0.465 e. The number of anilines is 1. The zero-order valence-electron chi connectivity index (χ0n) is 30.2. The van der Waals surface area contributed by atoms with Gasteiger partial charge < -0.3 is 19.6 Å². The molecule has 2 atom stereocenters. The average Bonchev–Trinajstić information content (AvgIpc) is 3.89. The Bertz CT molecular complexity index is 1580. The predicted molar refractivity (Wildman–Crippen MR) is 206 cm³/mol. The molecule has 10 nitrogen and oxygen atoms in total. The van der Waals surface area contributed by atoms with Crippen LogP contribution in [0.5, 0.6) is 0 Å². The first-order valence-corrected chi connectivity index (χ1v) is 19.4. The molecule has 0 aliphatic carbocycles. The maximum atomic E-state index is 14.6. The van der Waals surface area contributed by atoms with Crippen molar-refractivity contribution in [3.63, 3.8) is 0 Å². The number of guanidine groups is 1. The standard InChI is InChI=1S/C39H56BrN7O3/c1-4-6-8-9-10-11-12-13-14-15-16-17-18-20-31(32(26-30-27-41-29-46(30)3)38(49)50-25-19-7-5-2)37(48)47-24-23-42-39(47)45-33-21-22-34-36(35(33)40)44-28-43-34/h10-11,13-14,21-22,27-29,31-32H,4-9,12,15-20,23-26H2,1-3H3,(H,42,45)(H,43,44)/b11-10-,14-13-/t31-,32+/m0/s1. The monoisotopic (exact) mass is 749 g/mol. The molecule has 0 saturated heterocycles. The number of fused-ring (bicyclic) bond motifs is 1. The second-order valence-electron chi connectivity index (χ2n) is 13.1. The van der Waals surface area contributed by atoms with E-state index in [9.17, 15) is 9.59 Å². The highest BCUT2D eigenvalue weighted by Gasteiger charge is 2.39. The number of hydrogen-bond donors (Lipinski definition) is 2. The minimum Gasteiger partial charge on any atom is -0.465 e. The van der Waals surface area contributed by atoms with Crippen molar-refractivity contribution < 1.29 is 14.3 Å². The molecule has 0 spiro atoms. The number of aromatic nitrogens is 4. The van der Waals surface area contributed by atoms with E-state index >= 15 is 0 Å². The van der Waals surface area contributed by atoms with Crippen LogP contribution in [0.2, 0.25) is 0 Å². The highest BCUT2D eigenvalue weighted by atomic mass is 79.9. The van der Waals surface area contributed by atoms with E-state index in [0.717, 1.165) is 84.7 Å². The van der Waals surface area contributed by atoms with Gasteiger partial charge in [-0.05, 0) is 73.0 Å². The Hall–Kier alpha value is -3.73. The first-order chi connectivity index (χ1) is 24.4. The van der Waals surface area contributed by atoms with Crippen molar-refractivity contribution >= 4 is 50.5 Å². The number of nitrogens with zero attached hydrogens (tertiary/aromatic N) is 5. The second kappa shape index (κ2) is 21.5. The molecule has 4 rings (SSSR count). The fourth-order valence-electron chi connectivity index (χ4n) is 6.31. The number of aliphatic imine (C=N–C) groups is 1. The molecule has 0 radical (unpaired) electrons. The van der Waals surface area contributed by atoms with Crippen molar-refractivity contribution in [2.45, 2.75) is 104 Å². The maximum absolute atomic E-state index is 14.6. The molecule has 11 heteroatoms. The Morgan fingerprint density at radius 3 is 2.50 bits per heavy atom. The molecule has 2 N–H and O–H groups in total. The van der Waals surface area contributed by atoms with Gasteiger partial charge in [-0.25, -0.2) is 9.97 Å². The normalized spacial score (nSPS) is 14.6. The van der Waals surface area contributed by atoms with Crippen LogP contribution in [0.4, 0.5) is 5.69 Å². The average molecular weight is 751 g/mol. The summed E-state index contributed by atoms with van der Waals surface area (Å²) in [6.45, 7) is 5.64. The number of aryl methyl sites for hydroxylation is 1. The van der Waals surface area contributed by atoms with Gasteiger partial charge in [0, 0.05) is 31.9 Å². The van der Waals surface area contributed by atoms with Gasteiger partial charge in [0.1, 0.15) is 5.52 Å². The Labute approximate surface area is 306 Å². The van der Waals surface area contributed by atoms with Gasteiger partial charge in [0.2, 0.25) is 11.9 Å². The fraction of sp³-hybridized carbons (Fsp3) is 0.564. The number of aromatic amines is 1. The lowest BCUT2D eigenvalue weighted by molar-refractivity contribution is -0.154. The van der Waals surface area contributed by atoms with E-state index < -0.39 is 11.8 Å². The molecule has 1 aromatic carbocycles. The Balaban J connectivity index is 1.46. The van der Waals surface area contributed by atoms with E-state index in [1.165, 1.54) is 19.3 Å². The van der Waals surface area contributed by atoms with Crippen LogP contribution in [-0.4, -0.2) is 62.0 Å². The van der Waals surface area contributed by atoms with Crippen molar-refractivity contribution in [2.24, 2.45) is 23.9 Å². The summed E-state index contributed by atoms with van der Waals surface area (Å²) in [5.41, 5.74) is 3.36. The first kappa shape index (κ1) is 39.1. The molecule has 0 unspecified atom stereocenters. The van der Waals surface area contributed by atoms with Crippen molar-refractivity contribution in [3.8, 4) is 0 Å². The van der Waals surface area contributed by atoms with Crippen LogP contribution < -0.4 is 5.32 Å². The molecule has 1 aliphatic heterocycles. The highest BCUT2D eigenvalue weighted by Crippen LogP contribution is 2.32. The van der Waals surface area contributed by atoms with Gasteiger partial charge in [0.25, 0.3) is 0 Å². The molecule has 0 saturated carbocycles. The van der Waals surface area contributed by atoms with Crippen LogP contribution in [0.1, 0.15) is 103 Å². The van der Waals surface area contributed by atoms with Gasteiger partial charge >= 0.3 is 5.97 Å². The van der Waals surface area contributed by atoms with E-state index in [-0.39, 0.29) is 11.9 Å². The molecular weight excluding hydrogens is 694 g/mol. The maximum Gasteiger partial charge on any atom is 0.310 e. The van der Waals surface area contributed by atoms with Gasteiger partial charge in [0.05, 0.1) is 53.3 Å². The summed E-state index contributed by atoms with van der Waals surface area (Å²) < 4.78 is 8.57. The van der Waals surface area contributed by atoms with Crippen LogP contribution in [0.3, 0.4) is 0 Å². The van der Waals surface area contributed by atoms with Gasteiger partial charge in [-0.2, -0.15) is 0 Å². The van der Waals surface area contributed by atoms with E-state index in [0.29, 0.717) is 38.5 Å². The number of ether oxygens (including phenoxy) is 1. The van der Waals surface area contributed by atoms with Crippen LogP contribution in [0.25, 0.3) is 11.0 Å². The number of allylic oxidation sites excluding steroid dienone is 4. The van der Waals surface area contributed by atoms with Crippen LogP contribution in [-0.2, 0) is 27.8 Å². The molecule has 3 aromatic rings. The summed E-state index contributed by atoms with van der Waals surface area (Å²) in [6, 6.07) is 3.88. The molecule has 1 amide bonds. The van der Waals surface area contributed by atoms with Crippen LogP contribution in [0, 0.1) is 11.8 Å². The number of halogens is 1. The zero-order valence-corrected chi connectivity index (χ0v) is 31.8. The lowest BCUT2D eigenvalue weighted by Crippen LogP contribution is -2.46. The number of amides is 1. The number of rotatable bonds is 22. The van der Waals surface area contributed by atoms with Crippen LogP contribution in [0.15, 0.2) is 64.8 Å². The summed E-state index contributed by atoms with van der Waals surface area (Å²) in [5.74, 6) is -1.15. The van der Waals surface area contributed by atoms with Gasteiger partial charge in [-0.1, -0.05) is 76.7 Å². The SMILES string of the molecule is CCCCC/C=C\C/C=C\CCCCC[C@H](C(=O)N1CCN=C1Nc1ccc2[nH]cnc2c1Br)[C@@H](Cc1cncn1C)C(=O)OCCCCC. The molecule has 3 heterocycles. The number of unbranched alkanes of at least 4 members (excludes halogenated alkanes) is 8. The quantitative estimate of drug-likeness (QED) is 0.0602. The Kier molecular flexibility index (Phi) is 16.8. The summed E-state index contributed by atoms with van der Waals surface area (Å²) in [5, 5.41) is 3.38. The third-order valence-corrected chi connectivity index (χ3v) is 10.1. The molecule has 2 aromatic heterocycles. The summed E-state index contributed by atoms with van der Waals surface area (Å²) in [4.78, 5) is 46.7. The number of hydrogen-bond acceptors (Lipinski definition) is 7. The number of imidazole rings is 2. The smallest absolute Gasteiger partial charge is 0.310 e. The van der Waals surface area contributed by atoms with Crippen molar-refractivity contribution in [1.82, 2.24) is 24.4 Å². The number of carbonyl (C=O) groups excluding carboxylic acids is 2. The summed E-state index contributed by atoms with van der Waals surface area (Å²) in [7, 11) is 1.92. The first-order valence-electron chi connectivity index (χ1n) is 18.6. The Morgan fingerprint density at radius 1 is 1.00 bits per heavy atom. The van der Waals surface area contributed by atoms with Gasteiger partial charge in [-0.15, -0.1) is 0 Å². The van der Waals surface area contributed by atoms with Crippen molar-refractivity contribution in [2.75, 3.05) is 25.0 Å². The molecule has 1 aliphatic rings. The molecule has 0 bridgehead atoms. The van der Waals surface area contributed by atoms with E-state index in [4.69, 9.17) is 4.74 Å². The summed E-state index contributed by atoms with van der Waals surface area (Å²) >= 11 is 3.67. The number of H-pyrrole nitrogens is 1. The van der Waals surface area contributed by atoms with E-state index in [1.807, 2.05) is 23.7 Å². The minimum atomic E-state index is -0.641. The topological polar surface area (TPSA) is 117 Å². The minimum absolute atomic E-state index is 0.103. The Morgan fingerprint density at radius 2 is 1.76 bits per heavy atom. The third kappa shape index (κ3) is 11.7. The zero-order chi connectivity index (χ0) is 35.6. The van der Waals surface area contributed by atoms with Crippen molar-refractivity contribution in [3.05, 3.63) is 65.5 Å². The van der Waals surface area contributed by atoms with Gasteiger partial charge in [-0.3, -0.25) is 19.5 Å². The molecule has 0 fully saturated rings. The lowest BCUT2D eigenvalue weighted by Gasteiger charge is -2.30. The highest BCUT2D eigenvalue weighted by molar-refractivity contribution is 9.10. The predicted octanol–water partition coefficient (Wildman–Crippen LogP) is 8.91. The van der Waals surface area contributed by atoms with E-state index in [2.05, 4.69) is 79.3 Å². The third-order valence-electron chi connectivity index (χ3n) is 9.29. The second-order valence-corrected chi connectivity index (χ2v) is 13.9. The van der Waals surface area contributed by atoms with Gasteiger partial charge in [0.15, 0.2) is 0 Å². The fourth-order valence-corrected chi connectivity index (χ4v) is 6.85. The molecule has 50 heavy (non-hydrogen) atoms. The molecule has 272 valence electrons. The number of benzene rings is 1. The number of esters is 1. The molecular formula is C39H56BrN7O3. The van der Waals surface area contributed by atoms with Crippen LogP contribution >= 0.6 is 15.9 Å². The summed E-state index contributed by atoms with van der Waals surface area (Å²) in [6.07, 6.45) is 27.8.